The molecule has 0 atom stereocenters. The van der Waals surface area contributed by atoms with E-state index in [9.17, 15) is 0 Å². The minimum Gasteiger partial charge on any atom is -0.493 e. The third-order valence-electron chi connectivity index (χ3n) is 4.40. The number of aromatic nitrogens is 2. The van der Waals surface area contributed by atoms with Gasteiger partial charge in [0.15, 0.2) is 17.5 Å². The summed E-state index contributed by atoms with van der Waals surface area (Å²) in [5, 5.41) is 11.2. The van der Waals surface area contributed by atoms with Crippen molar-refractivity contribution < 1.29 is 9.47 Å². The summed E-state index contributed by atoms with van der Waals surface area (Å²) >= 11 is 0. The minimum absolute atomic E-state index is 0. The van der Waals surface area contributed by atoms with Gasteiger partial charge in [-0.05, 0) is 57.4 Å². The molecular weight excluding hydrogens is 493 g/mol. The zero-order valence-electron chi connectivity index (χ0n) is 18.8. The van der Waals surface area contributed by atoms with E-state index in [2.05, 4.69) is 47.3 Å². The van der Waals surface area contributed by atoms with Crippen LogP contribution < -0.4 is 20.1 Å². The molecule has 1 aromatic carbocycles. The van der Waals surface area contributed by atoms with E-state index in [4.69, 9.17) is 14.5 Å². The maximum atomic E-state index is 5.72. The third kappa shape index (κ3) is 8.41. The Morgan fingerprint density at radius 3 is 2.57 bits per heavy atom. The van der Waals surface area contributed by atoms with Gasteiger partial charge >= 0.3 is 0 Å². The first-order chi connectivity index (χ1) is 14.1. The number of aliphatic imine (C=N–C) groups is 1. The molecule has 0 fully saturated rings. The van der Waals surface area contributed by atoms with Crippen LogP contribution >= 0.6 is 24.0 Å². The molecule has 0 unspecified atom stereocenters. The Hall–Kier alpha value is -1.97. The van der Waals surface area contributed by atoms with Crippen molar-refractivity contribution in [3.63, 3.8) is 0 Å². The van der Waals surface area contributed by atoms with Crippen LogP contribution in [0.15, 0.2) is 29.3 Å². The number of hydrogen-bond donors (Lipinski definition) is 2. The van der Waals surface area contributed by atoms with Gasteiger partial charge in [-0.25, -0.2) is 4.99 Å². The van der Waals surface area contributed by atoms with E-state index >= 15 is 0 Å². The van der Waals surface area contributed by atoms with Crippen LogP contribution in [0.2, 0.25) is 0 Å². The zero-order valence-corrected chi connectivity index (χ0v) is 21.2. The molecule has 1 aromatic heterocycles. The first kappa shape index (κ1) is 26.1. The van der Waals surface area contributed by atoms with Crippen LogP contribution in [0, 0.1) is 13.8 Å². The molecule has 30 heavy (non-hydrogen) atoms. The summed E-state index contributed by atoms with van der Waals surface area (Å²) in [6, 6.07) is 8.07. The second kappa shape index (κ2) is 14.1. The lowest BCUT2D eigenvalue weighted by Crippen LogP contribution is -2.38. The van der Waals surface area contributed by atoms with Crippen molar-refractivity contribution in [3.8, 4) is 11.5 Å². The van der Waals surface area contributed by atoms with Crippen molar-refractivity contribution >= 4 is 29.9 Å². The predicted octanol–water partition coefficient (Wildman–Crippen LogP) is 4.06. The molecule has 0 bridgehead atoms. The molecule has 0 saturated carbocycles. The van der Waals surface area contributed by atoms with Gasteiger partial charge in [0.2, 0.25) is 0 Å². The lowest BCUT2D eigenvalue weighted by molar-refractivity contribution is 0.294. The summed E-state index contributed by atoms with van der Waals surface area (Å²) in [6.45, 7) is 12.0. The van der Waals surface area contributed by atoms with E-state index in [-0.39, 0.29) is 24.0 Å². The van der Waals surface area contributed by atoms with Crippen LogP contribution in [0.25, 0.3) is 0 Å². The summed E-state index contributed by atoms with van der Waals surface area (Å²) in [4.78, 5) is 4.69. The molecule has 0 aliphatic rings. The molecule has 0 saturated heterocycles. The number of hydrogen-bond acceptors (Lipinski definition) is 4. The summed E-state index contributed by atoms with van der Waals surface area (Å²) in [5.74, 6) is 2.33. The fraction of sp³-hybridized carbons (Fsp3) is 0.545. The highest BCUT2D eigenvalue weighted by molar-refractivity contribution is 14.0. The first-order valence-electron chi connectivity index (χ1n) is 10.4. The van der Waals surface area contributed by atoms with Gasteiger partial charge in [0.05, 0.1) is 26.0 Å². The lowest BCUT2D eigenvalue weighted by Gasteiger charge is -2.13. The van der Waals surface area contributed by atoms with Gasteiger partial charge in [0.25, 0.3) is 0 Å². The van der Waals surface area contributed by atoms with E-state index < -0.39 is 0 Å². The van der Waals surface area contributed by atoms with E-state index in [0.717, 1.165) is 61.2 Å². The molecule has 168 valence electrons. The molecule has 1 heterocycles. The van der Waals surface area contributed by atoms with Crippen LogP contribution in [0.4, 0.5) is 0 Å². The van der Waals surface area contributed by atoms with Crippen molar-refractivity contribution in [3.05, 3.63) is 41.2 Å². The summed E-state index contributed by atoms with van der Waals surface area (Å²) in [7, 11) is 1.66. The second-order valence-corrected chi connectivity index (χ2v) is 6.96. The highest BCUT2D eigenvalue weighted by atomic mass is 127. The third-order valence-corrected chi connectivity index (χ3v) is 4.40. The fourth-order valence-electron chi connectivity index (χ4n) is 2.99. The highest BCUT2D eigenvalue weighted by Crippen LogP contribution is 2.28. The molecule has 0 aliphatic heterocycles. The first-order valence-corrected chi connectivity index (χ1v) is 10.4. The Bertz CT molecular complexity index is 792. The van der Waals surface area contributed by atoms with Crippen molar-refractivity contribution in [2.75, 3.05) is 26.8 Å². The topological polar surface area (TPSA) is 72.7 Å². The average molecular weight is 529 g/mol. The van der Waals surface area contributed by atoms with Crippen molar-refractivity contribution in [1.29, 1.82) is 0 Å². The molecular formula is C22H36IN5O2. The van der Waals surface area contributed by atoms with E-state index in [1.54, 1.807) is 7.11 Å². The Labute approximate surface area is 197 Å². The number of nitrogens with zero attached hydrogens (tertiary/aromatic N) is 3. The van der Waals surface area contributed by atoms with Gasteiger partial charge in [-0.15, -0.1) is 24.0 Å². The van der Waals surface area contributed by atoms with Gasteiger partial charge in [-0.2, -0.15) is 5.10 Å². The Kier molecular flexibility index (Phi) is 12.3. The maximum Gasteiger partial charge on any atom is 0.191 e. The van der Waals surface area contributed by atoms with Gasteiger partial charge in [-0.3, -0.25) is 4.68 Å². The molecule has 0 spiro atoms. The molecule has 7 nitrogen and oxygen atoms in total. The number of aryl methyl sites for hydroxylation is 3. The second-order valence-electron chi connectivity index (χ2n) is 6.96. The van der Waals surface area contributed by atoms with Crippen LogP contribution in [-0.2, 0) is 13.1 Å². The number of ether oxygens (including phenoxy) is 2. The number of benzene rings is 1. The number of nitrogens with one attached hydrogen (secondary N) is 2. The van der Waals surface area contributed by atoms with Gasteiger partial charge < -0.3 is 20.1 Å². The molecule has 0 radical (unpaired) electrons. The van der Waals surface area contributed by atoms with Gasteiger partial charge in [0.1, 0.15) is 0 Å². The summed E-state index contributed by atoms with van der Waals surface area (Å²) < 4.78 is 13.2. The molecule has 0 amide bonds. The average Bonchev–Trinajstić information content (AvgIpc) is 3.04. The Morgan fingerprint density at radius 2 is 1.93 bits per heavy atom. The minimum atomic E-state index is 0. The maximum absolute atomic E-state index is 5.72. The number of rotatable bonds is 11. The van der Waals surface area contributed by atoms with Crippen LogP contribution in [0.5, 0.6) is 11.5 Å². The molecule has 8 heteroatoms. The lowest BCUT2D eigenvalue weighted by atomic mass is 10.2. The molecule has 2 aromatic rings. The largest absolute Gasteiger partial charge is 0.493 e. The highest BCUT2D eigenvalue weighted by Gasteiger charge is 2.06. The van der Waals surface area contributed by atoms with Gasteiger partial charge in [0, 0.05) is 25.3 Å². The molecule has 0 aliphatic carbocycles. The van der Waals surface area contributed by atoms with E-state index in [1.807, 2.05) is 25.1 Å². The van der Waals surface area contributed by atoms with E-state index in [0.29, 0.717) is 13.2 Å². The summed E-state index contributed by atoms with van der Waals surface area (Å²) in [5.41, 5.74) is 3.33. The normalized spacial score (nSPS) is 11.0. The van der Waals surface area contributed by atoms with Crippen LogP contribution in [0.1, 0.15) is 43.6 Å². The predicted molar refractivity (Wildman–Crippen MR) is 133 cm³/mol. The quantitative estimate of drug-likeness (QED) is 0.199. The fourth-order valence-corrected chi connectivity index (χ4v) is 2.99. The number of guanidine groups is 1. The Morgan fingerprint density at radius 1 is 1.13 bits per heavy atom. The number of halogens is 1. The van der Waals surface area contributed by atoms with Crippen LogP contribution in [0.3, 0.4) is 0 Å². The number of methoxy groups -OCH3 is 1. The molecule has 2 rings (SSSR count). The smallest absolute Gasteiger partial charge is 0.191 e. The van der Waals surface area contributed by atoms with Gasteiger partial charge in [-0.1, -0.05) is 13.0 Å². The molecule has 2 N–H and O–H groups in total. The SMILES string of the molecule is CCCOc1ccc(CN=C(NCC)NCCCn2nc(C)cc2C)cc1OC.I. The Balaban J connectivity index is 0.00000450. The summed E-state index contributed by atoms with van der Waals surface area (Å²) in [6.07, 6.45) is 1.94. The van der Waals surface area contributed by atoms with Crippen molar-refractivity contribution in [1.82, 2.24) is 20.4 Å². The van der Waals surface area contributed by atoms with Crippen LogP contribution in [-0.4, -0.2) is 42.5 Å². The monoisotopic (exact) mass is 529 g/mol. The van der Waals surface area contributed by atoms with E-state index in [1.165, 1.54) is 5.69 Å². The standard InChI is InChI=1S/C22H35N5O2.HI/c1-6-13-29-20-10-9-19(15-21(20)28-5)16-25-22(23-7-2)24-11-8-12-27-18(4)14-17(3)26-27;/h9-10,14-15H,6-8,11-13,16H2,1-5H3,(H2,23,24,25);1H. The van der Waals surface area contributed by atoms with Crippen molar-refractivity contribution in [2.45, 2.75) is 53.6 Å². The zero-order chi connectivity index (χ0) is 21.1. The van der Waals surface area contributed by atoms with Crippen molar-refractivity contribution in [2.24, 2.45) is 4.99 Å².